The summed E-state index contributed by atoms with van der Waals surface area (Å²) in [4.78, 5) is 0. The number of ether oxygens (including phenoxy) is 1. The van der Waals surface area contributed by atoms with E-state index in [9.17, 15) is 18.3 Å². The molecule has 0 amide bonds. The topological polar surface area (TPSA) is 29.5 Å². The quantitative estimate of drug-likeness (QED) is 0.885. The maximum Gasteiger partial charge on any atom is 0.391 e. The monoisotopic (exact) mass is 302 g/mol. The van der Waals surface area contributed by atoms with Crippen LogP contribution < -0.4 is 4.74 Å². The molecule has 1 aliphatic carbocycles. The van der Waals surface area contributed by atoms with Crippen LogP contribution >= 0.6 is 0 Å². The highest BCUT2D eigenvalue weighted by molar-refractivity contribution is 5.47. The number of methoxy groups -OCH3 is 1. The standard InChI is InChI=1S/C16H21F3O2/c1-10-7-11(2)14(13(8-10)21-3)15(20)6-4-5-12(9-15)16(17,18)19/h7-8,12,20H,4-6,9H2,1-3H3. The molecule has 0 aliphatic heterocycles. The summed E-state index contributed by atoms with van der Waals surface area (Å²) < 4.78 is 44.3. The fraction of sp³-hybridized carbons (Fsp3) is 0.625. The van der Waals surface area contributed by atoms with Gasteiger partial charge in [-0.1, -0.05) is 6.07 Å². The van der Waals surface area contributed by atoms with Crippen molar-refractivity contribution in [3.05, 3.63) is 28.8 Å². The van der Waals surface area contributed by atoms with Crippen LogP contribution in [-0.2, 0) is 5.60 Å². The number of rotatable bonds is 2. The molecule has 1 aliphatic rings. The Morgan fingerprint density at radius 1 is 1.29 bits per heavy atom. The predicted molar refractivity (Wildman–Crippen MR) is 74.4 cm³/mol. The first-order valence-electron chi connectivity index (χ1n) is 7.12. The van der Waals surface area contributed by atoms with E-state index in [1.54, 1.807) is 13.0 Å². The highest BCUT2D eigenvalue weighted by Gasteiger charge is 2.48. The largest absolute Gasteiger partial charge is 0.496 e. The zero-order valence-corrected chi connectivity index (χ0v) is 12.5. The van der Waals surface area contributed by atoms with Gasteiger partial charge in [-0.2, -0.15) is 13.2 Å². The van der Waals surface area contributed by atoms with Crippen molar-refractivity contribution in [1.82, 2.24) is 0 Å². The first-order valence-corrected chi connectivity index (χ1v) is 7.12. The van der Waals surface area contributed by atoms with E-state index in [2.05, 4.69) is 0 Å². The van der Waals surface area contributed by atoms with Gasteiger partial charge in [0.05, 0.1) is 18.6 Å². The molecular weight excluding hydrogens is 281 g/mol. The third kappa shape index (κ3) is 3.18. The van der Waals surface area contributed by atoms with Crippen LogP contribution in [0.3, 0.4) is 0 Å². The van der Waals surface area contributed by atoms with Gasteiger partial charge in [0, 0.05) is 5.56 Å². The fourth-order valence-corrected chi connectivity index (χ4v) is 3.45. The van der Waals surface area contributed by atoms with Gasteiger partial charge in [-0.05, 0) is 56.7 Å². The van der Waals surface area contributed by atoms with Crippen LogP contribution in [0.25, 0.3) is 0 Å². The van der Waals surface area contributed by atoms with Crippen molar-refractivity contribution in [2.24, 2.45) is 5.92 Å². The summed E-state index contributed by atoms with van der Waals surface area (Å²) in [7, 11) is 1.48. The first-order chi connectivity index (χ1) is 9.67. The number of benzene rings is 1. The lowest BCUT2D eigenvalue weighted by Gasteiger charge is -2.39. The Labute approximate surface area is 122 Å². The SMILES string of the molecule is COc1cc(C)cc(C)c1C1(O)CCCC(C(F)(F)F)C1. The number of alkyl halides is 3. The van der Waals surface area contributed by atoms with E-state index in [0.717, 1.165) is 11.1 Å². The maximum atomic E-state index is 13.0. The van der Waals surface area contributed by atoms with E-state index in [4.69, 9.17) is 4.74 Å². The van der Waals surface area contributed by atoms with Gasteiger partial charge in [0.2, 0.25) is 0 Å². The van der Waals surface area contributed by atoms with Gasteiger partial charge in [0.25, 0.3) is 0 Å². The van der Waals surface area contributed by atoms with Gasteiger partial charge in [-0.3, -0.25) is 0 Å². The number of aryl methyl sites for hydroxylation is 2. The second kappa shape index (κ2) is 5.52. The molecule has 1 aromatic rings. The van der Waals surface area contributed by atoms with Crippen molar-refractivity contribution >= 4 is 0 Å². The van der Waals surface area contributed by atoms with Crippen LogP contribution in [0, 0.1) is 19.8 Å². The second-order valence-corrected chi connectivity index (χ2v) is 6.03. The van der Waals surface area contributed by atoms with E-state index < -0.39 is 17.7 Å². The lowest BCUT2D eigenvalue weighted by atomic mass is 9.72. The summed E-state index contributed by atoms with van der Waals surface area (Å²) in [6, 6.07) is 3.63. The van der Waals surface area contributed by atoms with E-state index in [-0.39, 0.29) is 12.8 Å². The molecule has 0 bridgehead atoms. The Morgan fingerprint density at radius 3 is 2.52 bits per heavy atom. The third-order valence-corrected chi connectivity index (χ3v) is 4.32. The predicted octanol–water partition coefficient (Wildman–Crippen LogP) is 4.25. The Kier molecular flexibility index (Phi) is 4.24. The molecule has 1 N–H and O–H groups in total. The summed E-state index contributed by atoms with van der Waals surface area (Å²) in [5, 5.41) is 10.9. The molecule has 0 aromatic heterocycles. The van der Waals surface area contributed by atoms with Gasteiger partial charge >= 0.3 is 6.18 Å². The molecule has 1 aromatic carbocycles. The van der Waals surface area contributed by atoms with Crippen LogP contribution in [0.4, 0.5) is 13.2 Å². The first kappa shape index (κ1) is 16.1. The normalized spacial score (nSPS) is 26.7. The van der Waals surface area contributed by atoms with Crippen molar-refractivity contribution in [3.63, 3.8) is 0 Å². The van der Waals surface area contributed by atoms with E-state index in [1.807, 2.05) is 13.0 Å². The summed E-state index contributed by atoms with van der Waals surface area (Å²) >= 11 is 0. The van der Waals surface area contributed by atoms with Gasteiger partial charge in [0.15, 0.2) is 0 Å². The molecule has 2 unspecified atom stereocenters. The highest BCUT2D eigenvalue weighted by atomic mass is 19.4. The number of hydrogen-bond acceptors (Lipinski definition) is 2. The molecule has 2 atom stereocenters. The molecule has 0 spiro atoms. The van der Waals surface area contributed by atoms with Crippen molar-refractivity contribution < 1.29 is 23.0 Å². The minimum absolute atomic E-state index is 0.0824. The van der Waals surface area contributed by atoms with Crippen LogP contribution in [0.15, 0.2) is 12.1 Å². The molecule has 118 valence electrons. The molecule has 0 saturated heterocycles. The minimum atomic E-state index is -4.26. The Morgan fingerprint density at radius 2 is 1.95 bits per heavy atom. The Bertz CT molecular complexity index is 525. The van der Waals surface area contributed by atoms with E-state index in [1.165, 1.54) is 7.11 Å². The average Bonchev–Trinajstić information content (AvgIpc) is 2.36. The summed E-state index contributed by atoms with van der Waals surface area (Å²) in [5.74, 6) is -0.987. The lowest BCUT2D eigenvalue weighted by molar-refractivity contribution is -0.202. The van der Waals surface area contributed by atoms with Crippen molar-refractivity contribution in [2.75, 3.05) is 7.11 Å². The summed E-state index contributed by atoms with van der Waals surface area (Å²) in [6.45, 7) is 3.70. The number of hydrogen-bond donors (Lipinski definition) is 1. The van der Waals surface area contributed by atoms with Crippen LogP contribution in [0.1, 0.15) is 42.4 Å². The van der Waals surface area contributed by atoms with Gasteiger partial charge in [-0.25, -0.2) is 0 Å². The van der Waals surface area contributed by atoms with Gasteiger partial charge in [0.1, 0.15) is 5.75 Å². The molecule has 2 nitrogen and oxygen atoms in total. The van der Waals surface area contributed by atoms with E-state index >= 15 is 0 Å². The Balaban J connectivity index is 2.44. The number of halogens is 3. The summed E-state index contributed by atoms with van der Waals surface area (Å²) in [6.07, 6.45) is -3.78. The molecule has 21 heavy (non-hydrogen) atoms. The highest BCUT2D eigenvalue weighted by Crippen LogP contribution is 2.49. The molecule has 1 fully saturated rings. The van der Waals surface area contributed by atoms with Gasteiger partial charge < -0.3 is 9.84 Å². The van der Waals surface area contributed by atoms with Crippen LogP contribution in [0.2, 0.25) is 0 Å². The summed E-state index contributed by atoms with van der Waals surface area (Å²) in [5.41, 5.74) is 0.767. The van der Waals surface area contributed by atoms with Crippen molar-refractivity contribution in [1.29, 1.82) is 0 Å². The molecule has 0 heterocycles. The molecule has 0 radical (unpaired) electrons. The molecule has 2 rings (SSSR count). The number of aliphatic hydroxyl groups is 1. The smallest absolute Gasteiger partial charge is 0.391 e. The fourth-order valence-electron chi connectivity index (χ4n) is 3.45. The van der Waals surface area contributed by atoms with Gasteiger partial charge in [-0.15, -0.1) is 0 Å². The average molecular weight is 302 g/mol. The Hall–Kier alpha value is -1.23. The zero-order chi connectivity index (χ0) is 15.8. The van der Waals surface area contributed by atoms with Crippen LogP contribution in [-0.4, -0.2) is 18.4 Å². The van der Waals surface area contributed by atoms with E-state index in [0.29, 0.717) is 24.2 Å². The van der Waals surface area contributed by atoms with Crippen LogP contribution in [0.5, 0.6) is 5.75 Å². The van der Waals surface area contributed by atoms with Crippen molar-refractivity contribution in [2.45, 2.75) is 51.3 Å². The minimum Gasteiger partial charge on any atom is -0.496 e. The second-order valence-electron chi connectivity index (χ2n) is 6.03. The van der Waals surface area contributed by atoms with Crippen molar-refractivity contribution in [3.8, 4) is 5.75 Å². The lowest BCUT2D eigenvalue weighted by Crippen LogP contribution is -2.39. The molecule has 1 saturated carbocycles. The molecule has 5 heteroatoms. The maximum absolute atomic E-state index is 13.0. The molecular formula is C16H21F3O2. The third-order valence-electron chi connectivity index (χ3n) is 4.32. The zero-order valence-electron chi connectivity index (χ0n) is 12.5.